The third-order valence-electron chi connectivity index (χ3n) is 3.76. The number of piperidine rings is 1. The summed E-state index contributed by atoms with van der Waals surface area (Å²) in [4.78, 5) is 2.44. The molecule has 1 aliphatic rings. The van der Waals surface area contributed by atoms with E-state index in [0.717, 1.165) is 32.5 Å². The van der Waals surface area contributed by atoms with Crippen LogP contribution in [-0.4, -0.2) is 32.2 Å². The molecule has 1 heterocycles. The lowest BCUT2D eigenvalue weighted by Crippen LogP contribution is -2.56. The molecule has 1 aliphatic heterocycles. The van der Waals surface area contributed by atoms with E-state index in [9.17, 15) is 0 Å². The fourth-order valence-corrected chi connectivity index (χ4v) is 2.39. The van der Waals surface area contributed by atoms with Crippen LogP contribution in [0.15, 0.2) is 30.3 Å². The van der Waals surface area contributed by atoms with Gasteiger partial charge in [0.2, 0.25) is 0 Å². The first-order valence-corrected chi connectivity index (χ1v) is 5.99. The number of benzene rings is 1. The number of nitrogens with two attached hydrogens (primary N) is 1. The van der Waals surface area contributed by atoms with E-state index >= 15 is 0 Å². The van der Waals surface area contributed by atoms with Gasteiger partial charge in [0, 0.05) is 30.9 Å². The van der Waals surface area contributed by atoms with Gasteiger partial charge in [-0.25, -0.2) is 0 Å². The number of likely N-dealkylation sites (N-methyl/N-ethyl adjacent to an activating group) is 1. The number of hydrogen-bond acceptors (Lipinski definition) is 3. The van der Waals surface area contributed by atoms with E-state index < -0.39 is 0 Å². The predicted octanol–water partition coefficient (Wildman–Crippen LogP) is 1.20. The number of anilines is 1. The van der Waals surface area contributed by atoms with Crippen molar-refractivity contribution in [1.82, 2.24) is 5.32 Å². The van der Waals surface area contributed by atoms with Gasteiger partial charge in [-0.05, 0) is 32.0 Å². The number of nitrogens with one attached hydrogen (secondary N) is 1. The molecule has 0 radical (unpaired) electrons. The quantitative estimate of drug-likeness (QED) is 0.802. The molecular weight excluding hydrogens is 198 g/mol. The summed E-state index contributed by atoms with van der Waals surface area (Å²) < 4.78 is 0. The smallest absolute Gasteiger partial charge is 0.0366 e. The third-order valence-corrected chi connectivity index (χ3v) is 3.76. The molecule has 0 saturated carbocycles. The highest BCUT2D eigenvalue weighted by molar-refractivity contribution is 5.46. The van der Waals surface area contributed by atoms with Gasteiger partial charge in [0.1, 0.15) is 0 Å². The summed E-state index contributed by atoms with van der Waals surface area (Å²) in [7, 11) is 2.02. The van der Waals surface area contributed by atoms with Crippen LogP contribution in [0.1, 0.15) is 12.8 Å². The van der Waals surface area contributed by atoms with Gasteiger partial charge in [-0.15, -0.1) is 0 Å². The Balaban J connectivity index is 2.00. The van der Waals surface area contributed by atoms with Crippen molar-refractivity contribution in [3.63, 3.8) is 0 Å². The monoisotopic (exact) mass is 219 g/mol. The first-order valence-electron chi connectivity index (χ1n) is 5.99. The Morgan fingerprint density at radius 1 is 1.25 bits per heavy atom. The van der Waals surface area contributed by atoms with Crippen molar-refractivity contribution in [3.05, 3.63) is 30.3 Å². The molecule has 1 aromatic carbocycles. The summed E-state index contributed by atoms with van der Waals surface area (Å²) in [6, 6.07) is 10.6. The van der Waals surface area contributed by atoms with Crippen LogP contribution >= 0.6 is 0 Å². The lowest BCUT2D eigenvalue weighted by Gasteiger charge is -2.42. The van der Waals surface area contributed by atoms with E-state index in [4.69, 9.17) is 5.73 Å². The van der Waals surface area contributed by atoms with Gasteiger partial charge >= 0.3 is 0 Å². The van der Waals surface area contributed by atoms with Crippen LogP contribution in [0.2, 0.25) is 0 Å². The highest BCUT2D eigenvalue weighted by Crippen LogP contribution is 2.25. The fourth-order valence-electron chi connectivity index (χ4n) is 2.39. The zero-order chi connectivity index (χ0) is 11.4. The zero-order valence-electron chi connectivity index (χ0n) is 9.95. The number of rotatable bonds is 3. The summed E-state index contributed by atoms with van der Waals surface area (Å²) >= 11 is 0. The van der Waals surface area contributed by atoms with E-state index in [1.165, 1.54) is 5.69 Å². The molecular formula is C13H21N3. The maximum Gasteiger partial charge on any atom is 0.0366 e. The summed E-state index contributed by atoms with van der Waals surface area (Å²) in [6.07, 6.45) is 2.24. The Hall–Kier alpha value is -1.06. The SMILES string of the molecule is CNC1(CN)CCN(c2ccccc2)CC1. The van der Waals surface area contributed by atoms with Crippen molar-refractivity contribution in [1.29, 1.82) is 0 Å². The molecule has 3 N–H and O–H groups in total. The first-order chi connectivity index (χ1) is 7.79. The molecule has 0 atom stereocenters. The van der Waals surface area contributed by atoms with Crippen molar-refractivity contribution in [3.8, 4) is 0 Å². The van der Waals surface area contributed by atoms with E-state index in [0.29, 0.717) is 0 Å². The van der Waals surface area contributed by atoms with Crippen molar-refractivity contribution < 1.29 is 0 Å². The topological polar surface area (TPSA) is 41.3 Å². The molecule has 0 amide bonds. The van der Waals surface area contributed by atoms with Gasteiger partial charge in [-0.3, -0.25) is 0 Å². The van der Waals surface area contributed by atoms with Crippen LogP contribution in [0.5, 0.6) is 0 Å². The largest absolute Gasteiger partial charge is 0.371 e. The second-order valence-corrected chi connectivity index (χ2v) is 4.56. The Morgan fingerprint density at radius 3 is 2.38 bits per heavy atom. The zero-order valence-corrected chi connectivity index (χ0v) is 9.95. The lowest BCUT2D eigenvalue weighted by molar-refractivity contribution is 0.286. The molecule has 3 nitrogen and oxygen atoms in total. The highest BCUT2D eigenvalue weighted by atomic mass is 15.2. The van der Waals surface area contributed by atoms with Crippen LogP contribution in [0.3, 0.4) is 0 Å². The van der Waals surface area contributed by atoms with Crippen LogP contribution in [0, 0.1) is 0 Å². The molecule has 0 aliphatic carbocycles. The molecule has 88 valence electrons. The lowest BCUT2D eigenvalue weighted by atomic mass is 9.87. The standard InChI is InChI=1S/C13H21N3/c1-15-13(11-14)7-9-16(10-8-13)12-5-3-2-4-6-12/h2-6,15H,7-11,14H2,1H3. The number of nitrogens with zero attached hydrogens (tertiary/aromatic N) is 1. The average molecular weight is 219 g/mol. The van der Waals surface area contributed by atoms with Gasteiger partial charge in [-0.1, -0.05) is 18.2 Å². The van der Waals surface area contributed by atoms with Crippen LogP contribution in [-0.2, 0) is 0 Å². The van der Waals surface area contributed by atoms with Crippen molar-refractivity contribution in [2.45, 2.75) is 18.4 Å². The maximum absolute atomic E-state index is 5.85. The van der Waals surface area contributed by atoms with Crippen LogP contribution < -0.4 is 16.0 Å². The summed E-state index contributed by atoms with van der Waals surface area (Å²) in [6.45, 7) is 2.90. The minimum absolute atomic E-state index is 0.158. The van der Waals surface area contributed by atoms with Crippen LogP contribution in [0.4, 0.5) is 5.69 Å². The maximum atomic E-state index is 5.85. The average Bonchev–Trinajstić information content (AvgIpc) is 2.40. The Labute approximate surface area is 97.6 Å². The molecule has 1 aromatic rings. The fraction of sp³-hybridized carbons (Fsp3) is 0.538. The Morgan fingerprint density at radius 2 is 1.88 bits per heavy atom. The molecule has 16 heavy (non-hydrogen) atoms. The highest BCUT2D eigenvalue weighted by Gasteiger charge is 2.31. The van der Waals surface area contributed by atoms with Gasteiger partial charge in [0.25, 0.3) is 0 Å². The van der Waals surface area contributed by atoms with Gasteiger partial charge in [0.15, 0.2) is 0 Å². The molecule has 0 spiro atoms. The summed E-state index contributed by atoms with van der Waals surface area (Å²) in [5, 5.41) is 3.39. The van der Waals surface area contributed by atoms with Crippen molar-refractivity contribution >= 4 is 5.69 Å². The van der Waals surface area contributed by atoms with Gasteiger partial charge in [0.05, 0.1) is 0 Å². The predicted molar refractivity (Wildman–Crippen MR) is 68.7 cm³/mol. The molecule has 1 saturated heterocycles. The second kappa shape index (κ2) is 4.85. The third kappa shape index (κ3) is 2.20. The molecule has 3 heteroatoms. The minimum Gasteiger partial charge on any atom is -0.371 e. The molecule has 0 unspecified atom stereocenters. The first kappa shape index (κ1) is 11.4. The molecule has 1 fully saturated rings. The van der Waals surface area contributed by atoms with E-state index in [1.807, 2.05) is 7.05 Å². The molecule has 2 rings (SSSR count). The van der Waals surface area contributed by atoms with E-state index in [-0.39, 0.29) is 5.54 Å². The number of hydrogen-bond donors (Lipinski definition) is 2. The van der Waals surface area contributed by atoms with E-state index in [1.54, 1.807) is 0 Å². The Kier molecular flexibility index (Phi) is 3.46. The minimum atomic E-state index is 0.158. The second-order valence-electron chi connectivity index (χ2n) is 4.56. The van der Waals surface area contributed by atoms with Gasteiger partial charge < -0.3 is 16.0 Å². The normalized spacial score (nSPS) is 19.8. The van der Waals surface area contributed by atoms with Gasteiger partial charge in [-0.2, -0.15) is 0 Å². The van der Waals surface area contributed by atoms with Crippen molar-refractivity contribution in [2.24, 2.45) is 5.73 Å². The van der Waals surface area contributed by atoms with E-state index in [2.05, 4.69) is 40.5 Å². The van der Waals surface area contributed by atoms with Crippen LogP contribution in [0.25, 0.3) is 0 Å². The molecule has 0 bridgehead atoms. The Bertz CT molecular complexity index is 309. The number of para-hydroxylation sites is 1. The summed E-state index contributed by atoms with van der Waals surface area (Å²) in [5.41, 5.74) is 7.33. The molecule has 0 aromatic heterocycles. The van der Waals surface area contributed by atoms with Crippen molar-refractivity contribution in [2.75, 3.05) is 31.6 Å². The summed E-state index contributed by atoms with van der Waals surface area (Å²) in [5.74, 6) is 0.